The predicted molar refractivity (Wildman–Crippen MR) is 75.1 cm³/mol. The summed E-state index contributed by atoms with van der Waals surface area (Å²) in [5.41, 5.74) is 1.03. The third kappa shape index (κ3) is 4.00. The Labute approximate surface area is 118 Å². The lowest BCUT2D eigenvalue weighted by Gasteiger charge is -2.20. The van der Waals surface area contributed by atoms with E-state index in [1.165, 1.54) is 0 Å². The zero-order valence-corrected chi connectivity index (χ0v) is 11.9. The molecule has 1 atom stereocenters. The molecule has 1 unspecified atom stereocenters. The Morgan fingerprint density at radius 1 is 1.37 bits per heavy atom. The molecule has 19 heavy (non-hydrogen) atoms. The standard InChI is InChI=1S/C14H20ClNO3/c1-2-3-11(17)9-16-8-10-6-12(15)14-13(7-10)18-4-5-19-14/h6-7,11,16-17H,2-5,8-9H2,1H3. The number of hydrogen-bond acceptors (Lipinski definition) is 4. The Bertz CT molecular complexity index is 425. The van der Waals surface area contributed by atoms with Crippen LogP contribution in [0.5, 0.6) is 11.5 Å². The minimum Gasteiger partial charge on any atom is -0.486 e. The lowest BCUT2D eigenvalue weighted by Crippen LogP contribution is -2.26. The van der Waals surface area contributed by atoms with Crippen LogP contribution in [0.1, 0.15) is 25.3 Å². The molecule has 1 heterocycles. The Hall–Kier alpha value is -0.970. The molecule has 1 aromatic rings. The van der Waals surface area contributed by atoms with Gasteiger partial charge in [0.05, 0.1) is 11.1 Å². The van der Waals surface area contributed by atoms with Gasteiger partial charge in [-0.05, 0) is 24.1 Å². The average molecular weight is 286 g/mol. The molecule has 1 aliphatic rings. The van der Waals surface area contributed by atoms with Gasteiger partial charge in [-0.1, -0.05) is 24.9 Å². The van der Waals surface area contributed by atoms with Gasteiger partial charge in [0, 0.05) is 13.1 Å². The van der Waals surface area contributed by atoms with Crippen LogP contribution >= 0.6 is 11.6 Å². The summed E-state index contributed by atoms with van der Waals surface area (Å²) in [4.78, 5) is 0. The van der Waals surface area contributed by atoms with Crippen molar-refractivity contribution in [3.8, 4) is 11.5 Å². The Kier molecular flexibility index (Phi) is 5.31. The zero-order valence-electron chi connectivity index (χ0n) is 11.1. The molecular formula is C14H20ClNO3. The maximum atomic E-state index is 9.64. The van der Waals surface area contributed by atoms with Crippen LogP contribution in [0, 0.1) is 0 Å². The van der Waals surface area contributed by atoms with E-state index < -0.39 is 0 Å². The summed E-state index contributed by atoms with van der Waals surface area (Å²) < 4.78 is 11.0. The second kappa shape index (κ2) is 6.98. The monoisotopic (exact) mass is 285 g/mol. The van der Waals surface area contributed by atoms with Crippen LogP contribution in [0.3, 0.4) is 0 Å². The van der Waals surface area contributed by atoms with Gasteiger partial charge in [0.15, 0.2) is 11.5 Å². The Balaban J connectivity index is 1.92. The fourth-order valence-corrected chi connectivity index (χ4v) is 2.37. The highest BCUT2D eigenvalue weighted by Crippen LogP contribution is 2.38. The van der Waals surface area contributed by atoms with Crippen LogP contribution < -0.4 is 14.8 Å². The van der Waals surface area contributed by atoms with Gasteiger partial charge in [-0.15, -0.1) is 0 Å². The summed E-state index contributed by atoms with van der Waals surface area (Å²) in [6.07, 6.45) is 1.51. The minimum atomic E-state index is -0.294. The molecule has 0 spiro atoms. The molecule has 1 aromatic carbocycles. The van der Waals surface area contributed by atoms with Gasteiger partial charge in [0.25, 0.3) is 0 Å². The Morgan fingerprint density at radius 2 is 2.16 bits per heavy atom. The molecule has 2 N–H and O–H groups in total. The van der Waals surface area contributed by atoms with Crippen molar-refractivity contribution in [3.63, 3.8) is 0 Å². The minimum absolute atomic E-state index is 0.294. The molecule has 0 radical (unpaired) electrons. The topological polar surface area (TPSA) is 50.7 Å². The SMILES string of the molecule is CCCC(O)CNCc1cc(Cl)c2c(c1)OCCO2. The summed E-state index contributed by atoms with van der Waals surface area (Å²) in [6.45, 7) is 4.38. The van der Waals surface area contributed by atoms with E-state index in [-0.39, 0.29) is 6.10 Å². The van der Waals surface area contributed by atoms with Crippen LogP contribution in [0.25, 0.3) is 0 Å². The van der Waals surface area contributed by atoms with Crippen molar-refractivity contribution in [2.24, 2.45) is 0 Å². The zero-order chi connectivity index (χ0) is 13.7. The molecule has 0 fully saturated rings. The molecule has 0 bridgehead atoms. The number of aliphatic hydroxyl groups excluding tert-OH is 1. The summed E-state index contributed by atoms with van der Waals surface area (Å²) in [5.74, 6) is 1.33. The first-order valence-corrected chi connectivity index (χ1v) is 7.05. The van der Waals surface area contributed by atoms with Crippen LogP contribution in [-0.2, 0) is 6.54 Å². The third-order valence-electron chi connectivity index (χ3n) is 2.99. The molecule has 0 saturated heterocycles. The normalized spacial score (nSPS) is 15.3. The fourth-order valence-electron chi connectivity index (χ4n) is 2.08. The highest BCUT2D eigenvalue weighted by molar-refractivity contribution is 6.32. The lowest BCUT2D eigenvalue weighted by atomic mass is 10.1. The van der Waals surface area contributed by atoms with E-state index in [0.29, 0.717) is 42.8 Å². The highest BCUT2D eigenvalue weighted by atomic mass is 35.5. The predicted octanol–water partition coefficient (Wildman–Crippen LogP) is 2.36. The summed E-state index contributed by atoms with van der Waals surface area (Å²) in [5, 5.41) is 13.4. The van der Waals surface area contributed by atoms with Crippen molar-refractivity contribution in [1.29, 1.82) is 0 Å². The van der Waals surface area contributed by atoms with Crippen molar-refractivity contribution < 1.29 is 14.6 Å². The second-order valence-electron chi connectivity index (χ2n) is 4.68. The molecule has 2 rings (SSSR count). The van der Waals surface area contributed by atoms with Crippen molar-refractivity contribution in [2.75, 3.05) is 19.8 Å². The molecule has 4 nitrogen and oxygen atoms in total. The molecule has 106 valence electrons. The summed E-state index contributed by atoms with van der Waals surface area (Å²) >= 11 is 6.16. The van der Waals surface area contributed by atoms with E-state index in [9.17, 15) is 5.11 Å². The van der Waals surface area contributed by atoms with E-state index in [4.69, 9.17) is 21.1 Å². The quantitative estimate of drug-likeness (QED) is 0.842. The maximum Gasteiger partial charge on any atom is 0.179 e. The summed E-state index contributed by atoms with van der Waals surface area (Å²) in [7, 11) is 0. The molecule has 0 saturated carbocycles. The van der Waals surface area contributed by atoms with Crippen LogP contribution in [0.4, 0.5) is 0 Å². The number of halogens is 1. The molecule has 0 aliphatic carbocycles. The van der Waals surface area contributed by atoms with E-state index in [1.54, 1.807) is 0 Å². The van der Waals surface area contributed by atoms with Crippen molar-refractivity contribution in [1.82, 2.24) is 5.32 Å². The average Bonchev–Trinajstić information content (AvgIpc) is 2.39. The second-order valence-corrected chi connectivity index (χ2v) is 5.08. The first kappa shape index (κ1) is 14.4. The number of rotatable bonds is 6. The van der Waals surface area contributed by atoms with E-state index in [2.05, 4.69) is 12.2 Å². The highest BCUT2D eigenvalue weighted by Gasteiger charge is 2.16. The smallest absolute Gasteiger partial charge is 0.179 e. The van der Waals surface area contributed by atoms with Crippen molar-refractivity contribution in [2.45, 2.75) is 32.4 Å². The number of benzene rings is 1. The van der Waals surface area contributed by atoms with Gasteiger partial charge in [-0.25, -0.2) is 0 Å². The van der Waals surface area contributed by atoms with Gasteiger partial charge < -0.3 is 19.9 Å². The van der Waals surface area contributed by atoms with Gasteiger partial charge in [0.2, 0.25) is 0 Å². The van der Waals surface area contributed by atoms with Crippen LogP contribution in [-0.4, -0.2) is 31.0 Å². The first-order valence-electron chi connectivity index (χ1n) is 6.67. The van der Waals surface area contributed by atoms with E-state index in [1.807, 2.05) is 12.1 Å². The number of hydrogen-bond donors (Lipinski definition) is 2. The molecular weight excluding hydrogens is 266 g/mol. The van der Waals surface area contributed by atoms with Gasteiger partial charge in [-0.3, -0.25) is 0 Å². The maximum absolute atomic E-state index is 9.64. The van der Waals surface area contributed by atoms with Crippen molar-refractivity contribution >= 4 is 11.6 Å². The van der Waals surface area contributed by atoms with E-state index >= 15 is 0 Å². The van der Waals surface area contributed by atoms with Crippen LogP contribution in [0.2, 0.25) is 5.02 Å². The third-order valence-corrected chi connectivity index (χ3v) is 3.27. The number of nitrogens with one attached hydrogen (secondary N) is 1. The largest absolute Gasteiger partial charge is 0.486 e. The number of fused-ring (bicyclic) bond motifs is 1. The number of ether oxygens (including phenoxy) is 2. The first-order chi connectivity index (χ1) is 9.20. The van der Waals surface area contributed by atoms with Gasteiger partial charge in [0.1, 0.15) is 13.2 Å². The van der Waals surface area contributed by atoms with Gasteiger partial charge >= 0.3 is 0 Å². The molecule has 5 heteroatoms. The van der Waals surface area contributed by atoms with Crippen LogP contribution in [0.15, 0.2) is 12.1 Å². The van der Waals surface area contributed by atoms with E-state index in [0.717, 1.165) is 18.4 Å². The Morgan fingerprint density at radius 3 is 2.95 bits per heavy atom. The molecule has 1 aliphatic heterocycles. The molecule has 0 amide bonds. The molecule has 0 aromatic heterocycles. The number of aliphatic hydroxyl groups is 1. The van der Waals surface area contributed by atoms with Gasteiger partial charge in [-0.2, -0.15) is 0 Å². The lowest BCUT2D eigenvalue weighted by molar-refractivity contribution is 0.160. The van der Waals surface area contributed by atoms with Crippen molar-refractivity contribution in [3.05, 3.63) is 22.7 Å². The summed E-state index contributed by atoms with van der Waals surface area (Å²) in [6, 6.07) is 3.80. The fraction of sp³-hybridized carbons (Fsp3) is 0.571.